The Hall–Kier alpha value is -1.45. The largest absolute Gasteiger partial charge is 0.426 e. The molecule has 0 amide bonds. The van der Waals surface area contributed by atoms with Crippen LogP contribution in [0.25, 0.3) is 0 Å². The van der Waals surface area contributed by atoms with Gasteiger partial charge in [-0.05, 0) is 30.7 Å². The predicted molar refractivity (Wildman–Crippen MR) is 52.1 cm³/mol. The molecular weight excluding hydrogens is 202 g/mol. The van der Waals surface area contributed by atoms with E-state index >= 15 is 0 Å². The second kappa shape index (κ2) is 4.87. The van der Waals surface area contributed by atoms with Crippen molar-refractivity contribution in [2.45, 2.75) is 26.7 Å². The fraction of sp³-hybridized carbons (Fsp3) is 0.364. The highest BCUT2D eigenvalue weighted by Crippen LogP contribution is 2.25. The van der Waals surface area contributed by atoms with E-state index in [0.29, 0.717) is 11.3 Å². The predicted octanol–water partition coefficient (Wildman–Crippen LogP) is 3.25. The Balaban J connectivity index is 2.88. The minimum absolute atomic E-state index is 0.0659. The number of rotatable bonds is 3. The maximum Gasteiger partial charge on any atom is 0.310 e. The van der Waals surface area contributed by atoms with E-state index in [2.05, 4.69) is 0 Å². The van der Waals surface area contributed by atoms with Gasteiger partial charge in [-0.2, -0.15) is 0 Å². The van der Waals surface area contributed by atoms with Gasteiger partial charge in [-0.1, -0.05) is 6.92 Å². The summed E-state index contributed by atoms with van der Waals surface area (Å²) in [6.07, 6.45) is -2.24. The Bertz CT molecular complexity index is 362. The van der Waals surface area contributed by atoms with Crippen LogP contribution in [0.1, 0.15) is 30.9 Å². The molecule has 0 unspecified atom stereocenters. The molecule has 0 aromatic heterocycles. The van der Waals surface area contributed by atoms with Crippen molar-refractivity contribution >= 4 is 5.97 Å². The lowest BCUT2D eigenvalue weighted by Crippen LogP contribution is -2.06. The Labute approximate surface area is 86.9 Å². The van der Waals surface area contributed by atoms with Gasteiger partial charge < -0.3 is 4.74 Å². The number of alkyl halides is 2. The van der Waals surface area contributed by atoms with Crippen molar-refractivity contribution in [1.82, 2.24) is 0 Å². The summed E-state index contributed by atoms with van der Waals surface area (Å²) >= 11 is 0. The van der Waals surface area contributed by atoms with Crippen LogP contribution in [0.15, 0.2) is 18.2 Å². The molecule has 82 valence electrons. The summed E-state index contributed by atoms with van der Waals surface area (Å²) < 4.78 is 29.5. The number of carbonyl (C=O) groups is 1. The molecule has 1 aromatic rings. The molecule has 0 heterocycles. The normalized spacial score (nSPS) is 10.5. The molecule has 0 aliphatic rings. The van der Waals surface area contributed by atoms with E-state index in [1.54, 1.807) is 13.8 Å². The Morgan fingerprint density at radius 2 is 2.13 bits per heavy atom. The van der Waals surface area contributed by atoms with E-state index in [1.807, 2.05) is 0 Å². The molecule has 0 fully saturated rings. The monoisotopic (exact) mass is 214 g/mol. The zero-order chi connectivity index (χ0) is 11.4. The summed E-state index contributed by atoms with van der Waals surface area (Å²) in [5.74, 6) is -0.0332. The van der Waals surface area contributed by atoms with Crippen molar-refractivity contribution in [3.8, 4) is 5.75 Å². The minimum Gasteiger partial charge on any atom is -0.426 e. The standard InChI is InChI=1S/C11H12F2O2/c1-3-10(14)15-9-5-4-8(11(12)13)6-7(9)2/h4-6,11H,3H2,1-2H3. The van der Waals surface area contributed by atoms with Crippen LogP contribution in [0.4, 0.5) is 8.78 Å². The summed E-state index contributed by atoms with van der Waals surface area (Å²) in [5, 5.41) is 0. The van der Waals surface area contributed by atoms with Crippen molar-refractivity contribution in [3.63, 3.8) is 0 Å². The van der Waals surface area contributed by atoms with Gasteiger partial charge in [0.05, 0.1) is 0 Å². The van der Waals surface area contributed by atoms with E-state index < -0.39 is 6.43 Å². The zero-order valence-electron chi connectivity index (χ0n) is 8.59. The van der Waals surface area contributed by atoms with Crippen LogP contribution in [-0.2, 0) is 4.79 Å². The third kappa shape index (κ3) is 3.01. The molecule has 1 rings (SSSR count). The first kappa shape index (κ1) is 11.6. The van der Waals surface area contributed by atoms with E-state index in [-0.39, 0.29) is 18.0 Å². The molecule has 0 spiro atoms. The van der Waals surface area contributed by atoms with E-state index in [4.69, 9.17) is 4.74 Å². The minimum atomic E-state index is -2.50. The fourth-order valence-electron chi connectivity index (χ4n) is 1.12. The molecular formula is C11H12F2O2. The van der Waals surface area contributed by atoms with Gasteiger partial charge in [-0.25, -0.2) is 8.78 Å². The van der Waals surface area contributed by atoms with Gasteiger partial charge >= 0.3 is 5.97 Å². The van der Waals surface area contributed by atoms with Crippen molar-refractivity contribution in [2.24, 2.45) is 0 Å². The van der Waals surface area contributed by atoms with Gasteiger partial charge in [0.15, 0.2) is 0 Å². The SMILES string of the molecule is CCC(=O)Oc1ccc(C(F)F)cc1C. The Morgan fingerprint density at radius 1 is 1.47 bits per heavy atom. The molecule has 1 aromatic carbocycles. The first-order chi connectivity index (χ1) is 7.04. The lowest BCUT2D eigenvalue weighted by molar-refractivity contribution is -0.134. The van der Waals surface area contributed by atoms with E-state index in [1.165, 1.54) is 18.2 Å². The molecule has 0 saturated heterocycles. The second-order valence-corrected chi connectivity index (χ2v) is 3.15. The number of aryl methyl sites for hydroxylation is 1. The van der Waals surface area contributed by atoms with E-state index in [9.17, 15) is 13.6 Å². The van der Waals surface area contributed by atoms with Crippen LogP contribution in [-0.4, -0.2) is 5.97 Å². The highest BCUT2D eigenvalue weighted by Gasteiger charge is 2.10. The fourth-order valence-corrected chi connectivity index (χ4v) is 1.12. The van der Waals surface area contributed by atoms with Crippen LogP contribution in [0.2, 0.25) is 0 Å². The van der Waals surface area contributed by atoms with Crippen molar-refractivity contribution in [2.75, 3.05) is 0 Å². The first-order valence-electron chi connectivity index (χ1n) is 4.64. The molecule has 2 nitrogen and oxygen atoms in total. The van der Waals surface area contributed by atoms with Crippen molar-refractivity contribution in [3.05, 3.63) is 29.3 Å². The average Bonchev–Trinajstić information content (AvgIpc) is 2.20. The van der Waals surface area contributed by atoms with Crippen LogP contribution >= 0.6 is 0 Å². The number of esters is 1. The molecule has 0 atom stereocenters. The summed E-state index contributed by atoms with van der Waals surface area (Å²) in [6.45, 7) is 3.30. The van der Waals surface area contributed by atoms with Crippen LogP contribution < -0.4 is 4.74 Å². The Morgan fingerprint density at radius 3 is 2.60 bits per heavy atom. The summed E-state index contributed by atoms with van der Waals surface area (Å²) in [7, 11) is 0. The van der Waals surface area contributed by atoms with Gasteiger partial charge in [0.1, 0.15) is 5.75 Å². The highest BCUT2D eigenvalue weighted by atomic mass is 19.3. The third-order valence-electron chi connectivity index (χ3n) is 1.96. The number of benzene rings is 1. The molecule has 0 saturated carbocycles. The van der Waals surface area contributed by atoms with Gasteiger partial charge in [0, 0.05) is 12.0 Å². The van der Waals surface area contributed by atoms with Gasteiger partial charge in [0.2, 0.25) is 0 Å². The van der Waals surface area contributed by atoms with Gasteiger partial charge in [0.25, 0.3) is 6.43 Å². The number of hydrogen-bond donors (Lipinski definition) is 0. The maximum absolute atomic E-state index is 12.3. The molecule has 0 N–H and O–H groups in total. The zero-order valence-corrected chi connectivity index (χ0v) is 8.59. The molecule has 0 aliphatic carbocycles. The van der Waals surface area contributed by atoms with Gasteiger partial charge in [-0.15, -0.1) is 0 Å². The lowest BCUT2D eigenvalue weighted by Gasteiger charge is -2.08. The number of ether oxygens (including phenoxy) is 1. The molecule has 4 heteroatoms. The van der Waals surface area contributed by atoms with Gasteiger partial charge in [-0.3, -0.25) is 4.79 Å². The number of carbonyl (C=O) groups excluding carboxylic acids is 1. The summed E-state index contributed by atoms with van der Waals surface area (Å²) in [4.78, 5) is 11.0. The second-order valence-electron chi connectivity index (χ2n) is 3.15. The summed E-state index contributed by atoms with van der Waals surface area (Å²) in [5.41, 5.74) is 0.471. The molecule has 0 aliphatic heterocycles. The lowest BCUT2D eigenvalue weighted by atomic mass is 10.1. The number of hydrogen-bond acceptors (Lipinski definition) is 2. The van der Waals surface area contributed by atoms with Crippen molar-refractivity contribution in [1.29, 1.82) is 0 Å². The Kier molecular flexibility index (Phi) is 3.77. The number of halogens is 2. The quantitative estimate of drug-likeness (QED) is 0.570. The first-order valence-corrected chi connectivity index (χ1v) is 4.64. The topological polar surface area (TPSA) is 26.3 Å². The highest BCUT2D eigenvalue weighted by molar-refractivity contribution is 5.72. The van der Waals surface area contributed by atoms with Crippen LogP contribution in [0.3, 0.4) is 0 Å². The molecule has 0 radical (unpaired) electrons. The summed E-state index contributed by atoms with van der Waals surface area (Å²) in [6, 6.07) is 3.98. The van der Waals surface area contributed by atoms with Crippen LogP contribution in [0, 0.1) is 6.92 Å². The molecule has 0 bridgehead atoms. The average molecular weight is 214 g/mol. The molecule has 15 heavy (non-hydrogen) atoms. The third-order valence-corrected chi connectivity index (χ3v) is 1.96. The maximum atomic E-state index is 12.3. The smallest absolute Gasteiger partial charge is 0.310 e. The van der Waals surface area contributed by atoms with Crippen molar-refractivity contribution < 1.29 is 18.3 Å². The van der Waals surface area contributed by atoms with Crippen LogP contribution in [0.5, 0.6) is 5.75 Å². The van der Waals surface area contributed by atoms with E-state index in [0.717, 1.165) is 0 Å².